The Morgan fingerprint density at radius 3 is 2.47 bits per heavy atom. The molecule has 2 heterocycles. The van der Waals surface area contributed by atoms with Gasteiger partial charge in [0.15, 0.2) is 17.7 Å². The smallest absolute Gasteiger partial charge is 0.265 e. The van der Waals surface area contributed by atoms with Crippen molar-refractivity contribution in [1.29, 1.82) is 0 Å². The highest BCUT2D eigenvalue weighted by Gasteiger charge is 2.34. The zero-order chi connectivity index (χ0) is 23.2. The summed E-state index contributed by atoms with van der Waals surface area (Å²) in [7, 11) is -4.02. The van der Waals surface area contributed by atoms with Crippen LogP contribution in [0.2, 0.25) is 5.02 Å². The van der Waals surface area contributed by atoms with E-state index in [1.165, 1.54) is 34.3 Å². The first-order valence-corrected chi connectivity index (χ1v) is 11.5. The molecule has 1 fully saturated rings. The van der Waals surface area contributed by atoms with E-state index < -0.39 is 33.7 Å². The van der Waals surface area contributed by atoms with Crippen LogP contribution < -0.4 is 10.1 Å². The number of amides is 2. The van der Waals surface area contributed by atoms with E-state index in [4.69, 9.17) is 16.3 Å². The molecule has 170 valence electrons. The number of benzene rings is 2. The quantitative estimate of drug-likeness (QED) is 0.720. The Bertz CT molecular complexity index is 1220. The minimum atomic E-state index is -4.02. The maximum absolute atomic E-state index is 13.4. The topological polar surface area (TPSA) is 96.0 Å². The van der Waals surface area contributed by atoms with Crippen LogP contribution in [0, 0.1) is 11.6 Å². The Labute approximate surface area is 187 Å². The van der Waals surface area contributed by atoms with Gasteiger partial charge in [0.2, 0.25) is 10.0 Å². The Morgan fingerprint density at radius 1 is 1.12 bits per heavy atom. The summed E-state index contributed by atoms with van der Waals surface area (Å²) in [5.41, 5.74) is 0.255. The van der Waals surface area contributed by atoms with Crippen molar-refractivity contribution >= 4 is 39.1 Å². The summed E-state index contributed by atoms with van der Waals surface area (Å²) < 4.78 is 59.5. The second-order valence-corrected chi connectivity index (χ2v) is 9.67. The molecule has 2 aliphatic rings. The van der Waals surface area contributed by atoms with Crippen molar-refractivity contribution in [3.63, 3.8) is 0 Å². The highest BCUT2D eigenvalue weighted by molar-refractivity contribution is 7.89. The van der Waals surface area contributed by atoms with Crippen molar-refractivity contribution in [1.82, 2.24) is 9.21 Å². The molecule has 1 atom stereocenters. The van der Waals surface area contributed by atoms with Crippen LogP contribution in [0.3, 0.4) is 0 Å². The number of hydrogen-bond donors (Lipinski definition) is 1. The van der Waals surface area contributed by atoms with Crippen LogP contribution in [-0.4, -0.2) is 61.7 Å². The Balaban J connectivity index is 1.51. The van der Waals surface area contributed by atoms with Gasteiger partial charge in [-0.3, -0.25) is 9.59 Å². The van der Waals surface area contributed by atoms with Crippen molar-refractivity contribution in [2.75, 3.05) is 31.5 Å². The number of carbonyl (C=O) groups is 2. The molecule has 2 aliphatic heterocycles. The predicted molar refractivity (Wildman–Crippen MR) is 111 cm³/mol. The number of anilines is 1. The van der Waals surface area contributed by atoms with E-state index in [-0.39, 0.29) is 59.0 Å². The van der Waals surface area contributed by atoms with Crippen LogP contribution in [0.4, 0.5) is 14.5 Å². The molecule has 0 radical (unpaired) electrons. The van der Waals surface area contributed by atoms with E-state index in [1.807, 2.05) is 0 Å². The van der Waals surface area contributed by atoms with Crippen molar-refractivity contribution in [2.45, 2.75) is 17.9 Å². The summed E-state index contributed by atoms with van der Waals surface area (Å²) in [5, 5.41) is 2.52. The van der Waals surface area contributed by atoms with Crippen LogP contribution in [-0.2, 0) is 14.8 Å². The molecule has 32 heavy (non-hydrogen) atoms. The summed E-state index contributed by atoms with van der Waals surface area (Å²) in [6, 6.07) is 5.44. The van der Waals surface area contributed by atoms with E-state index in [2.05, 4.69) is 5.32 Å². The summed E-state index contributed by atoms with van der Waals surface area (Å²) in [6.45, 7) is 1.62. The van der Waals surface area contributed by atoms with E-state index in [0.29, 0.717) is 0 Å². The van der Waals surface area contributed by atoms with E-state index in [9.17, 15) is 26.8 Å². The molecule has 1 saturated heterocycles. The monoisotopic (exact) mass is 485 g/mol. The third-order valence-corrected chi connectivity index (χ3v) is 7.64. The zero-order valence-corrected chi connectivity index (χ0v) is 18.3. The van der Waals surface area contributed by atoms with Gasteiger partial charge in [-0.25, -0.2) is 17.2 Å². The molecule has 0 spiro atoms. The second kappa shape index (κ2) is 8.30. The molecule has 8 nitrogen and oxygen atoms in total. The molecule has 0 aromatic heterocycles. The summed E-state index contributed by atoms with van der Waals surface area (Å²) in [5.74, 6) is -2.90. The fourth-order valence-electron chi connectivity index (χ4n) is 3.49. The van der Waals surface area contributed by atoms with E-state index >= 15 is 0 Å². The lowest BCUT2D eigenvalue weighted by Gasteiger charge is -2.34. The Kier molecular flexibility index (Phi) is 5.82. The fraction of sp³-hybridized carbons (Fsp3) is 0.300. The number of piperazine rings is 1. The lowest BCUT2D eigenvalue weighted by Crippen LogP contribution is -2.50. The highest BCUT2D eigenvalue weighted by Crippen LogP contribution is 2.38. The number of nitrogens with zero attached hydrogens (tertiary/aromatic N) is 2. The molecule has 2 amide bonds. The molecule has 1 unspecified atom stereocenters. The van der Waals surface area contributed by atoms with E-state index in [1.54, 1.807) is 0 Å². The molecule has 2 aromatic carbocycles. The SMILES string of the molecule is CC1Oc2cc(S(=O)(=O)N3CCN(C(=O)c4ccc(F)c(F)c4)CC3)c(Cl)cc2NC1=O. The van der Waals surface area contributed by atoms with Gasteiger partial charge in [0.05, 0.1) is 10.7 Å². The van der Waals surface area contributed by atoms with Crippen molar-refractivity contribution in [2.24, 2.45) is 0 Å². The van der Waals surface area contributed by atoms with Crippen LogP contribution in [0.1, 0.15) is 17.3 Å². The third-order valence-electron chi connectivity index (χ3n) is 5.28. The Hall–Kier alpha value is -2.76. The maximum Gasteiger partial charge on any atom is 0.265 e. The number of rotatable bonds is 3. The number of carbonyl (C=O) groups excluding carboxylic acids is 2. The number of halogens is 3. The van der Waals surface area contributed by atoms with Crippen LogP contribution in [0.25, 0.3) is 0 Å². The van der Waals surface area contributed by atoms with Gasteiger partial charge in [0.1, 0.15) is 10.6 Å². The minimum absolute atomic E-state index is 0.0147. The molecule has 0 bridgehead atoms. The number of fused-ring (bicyclic) bond motifs is 1. The van der Waals surface area contributed by atoms with Gasteiger partial charge >= 0.3 is 0 Å². The van der Waals surface area contributed by atoms with Crippen LogP contribution in [0.5, 0.6) is 5.75 Å². The number of hydrogen-bond acceptors (Lipinski definition) is 5. The standard InChI is InChI=1S/C20H18ClF2N3O5S/c1-11-19(27)24-16-9-13(21)18(10-17(16)31-11)32(29,30)26-6-4-25(5-7-26)20(28)12-2-3-14(22)15(23)8-12/h2-3,8-11H,4-7H2,1H3,(H,24,27). The van der Waals surface area contributed by atoms with Gasteiger partial charge in [-0.2, -0.15) is 4.31 Å². The average molecular weight is 486 g/mol. The van der Waals surface area contributed by atoms with Gasteiger partial charge < -0.3 is 15.0 Å². The third kappa shape index (κ3) is 4.03. The van der Waals surface area contributed by atoms with Crippen molar-refractivity contribution in [3.8, 4) is 5.75 Å². The van der Waals surface area contributed by atoms with Gasteiger partial charge in [-0.1, -0.05) is 11.6 Å². The molecule has 4 rings (SSSR count). The number of nitrogens with one attached hydrogen (secondary N) is 1. The maximum atomic E-state index is 13.4. The molecule has 0 aliphatic carbocycles. The van der Waals surface area contributed by atoms with Gasteiger partial charge in [-0.05, 0) is 31.2 Å². The molecule has 1 N–H and O–H groups in total. The Morgan fingerprint density at radius 2 is 1.81 bits per heavy atom. The molecular formula is C20H18ClF2N3O5S. The minimum Gasteiger partial charge on any atom is -0.479 e. The van der Waals surface area contributed by atoms with Crippen molar-refractivity contribution < 1.29 is 31.5 Å². The zero-order valence-electron chi connectivity index (χ0n) is 16.8. The second-order valence-electron chi connectivity index (χ2n) is 7.35. The first kappa shape index (κ1) is 22.4. The molecule has 0 saturated carbocycles. The summed E-state index contributed by atoms with van der Waals surface area (Å²) in [6.07, 6.45) is -0.787. The normalized spacial score (nSPS) is 19.2. The predicted octanol–water partition coefficient (Wildman–Crippen LogP) is 2.48. The summed E-state index contributed by atoms with van der Waals surface area (Å²) in [4.78, 5) is 25.5. The molecule has 2 aromatic rings. The average Bonchev–Trinajstić information content (AvgIpc) is 2.76. The first-order valence-electron chi connectivity index (χ1n) is 9.63. The van der Waals surface area contributed by atoms with Gasteiger partial charge in [0, 0.05) is 37.8 Å². The number of sulfonamides is 1. The largest absolute Gasteiger partial charge is 0.479 e. The van der Waals surface area contributed by atoms with Crippen molar-refractivity contribution in [3.05, 3.63) is 52.6 Å². The van der Waals surface area contributed by atoms with Gasteiger partial charge in [-0.15, -0.1) is 0 Å². The summed E-state index contributed by atoms with van der Waals surface area (Å²) >= 11 is 6.19. The fourth-order valence-corrected chi connectivity index (χ4v) is 5.43. The highest BCUT2D eigenvalue weighted by atomic mass is 35.5. The molecular weight excluding hydrogens is 468 g/mol. The lowest BCUT2D eigenvalue weighted by atomic mass is 10.1. The van der Waals surface area contributed by atoms with E-state index in [0.717, 1.165) is 12.1 Å². The van der Waals surface area contributed by atoms with Crippen LogP contribution in [0.15, 0.2) is 35.2 Å². The van der Waals surface area contributed by atoms with Gasteiger partial charge in [0.25, 0.3) is 11.8 Å². The first-order chi connectivity index (χ1) is 15.1. The lowest BCUT2D eigenvalue weighted by molar-refractivity contribution is -0.122. The van der Waals surface area contributed by atoms with Crippen LogP contribution >= 0.6 is 11.6 Å². The molecule has 12 heteroatoms. The number of ether oxygens (including phenoxy) is 1.